The van der Waals surface area contributed by atoms with E-state index >= 15 is 0 Å². The second-order valence-corrected chi connectivity index (χ2v) is 6.14. The lowest BCUT2D eigenvalue weighted by Gasteiger charge is -2.14. The maximum Gasteiger partial charge on any atom is 0.573 e. The zero-order valence-corrected chi connectivity index (χ0v) is 14.4. The van der Waals surface area contributed by atoms with Crippen LogP contribution in [0.25, 0.3) is 11.2 Å². The second-order valence-electron chi connectivity index (χ2n) is 6.14. The number of anilines is 1. The first-order valence-corrected chi connectivity index (χ1v) is 8.50. The lowest BCUT2D eigenvalue weighted by atomic mass is 10.2. The molecule has 0 aliphatic carbocycles. The van der Waals surface area contributed by atoms with Gasteiger partial charge in [0.15, 0.2) is 17.0 Å². The van der Waals surface area contributed by atoms with Crippen LogP contribution in [-0.2, 0) is 11.3 Å². The Kier molecular flexibility index (Phi) is 4.75. The number of fused-ring (bicyclic) bond motifs is 1. The zero-order valence-electron chi connectivity index (χ0n) is 14.4. The fourth-order valence-corrected chi connectivity index (χ4v) is 3.06. The molecular formula is C17H15F4N5O2. The third-order valence-corrected chi connectivity index (χ3v) is 4.25. The van der Waals surface area contributed by atoms with Crippen LogP contribution in [0.15, 0.2) is 30.6 Å². The maximum atomic E-state index is 14.0. The van der Waals surface area contributed by atoms with Gasteiger partial charge in [-0.05, 0) is 18.9 Å². The average Bonchev–Trinajstić information content (AvgIpc) is 3.28. The molecule has 1 atom stereocenters. The average molecular weight is 397 g/mol. The van der Waals surface area contributed by atoms with E-state index in [1.165, 1.54) is 24.5 Å². The van der Waals surface area contributed by atoms with Crippen molar-refractivity contribution in [3.8, 4) is 5.75 Å². The van der Waals surface area contributed by atoms with Crippen LogP contribution in [0, 0.1) is 6.08 Å². The summed E-state index contributed by atoms with van der Waals surface area (Å²) in [5, 5.41) is 2.82. The van der Waals surface area contributed by atoms with Crippen molar-refractivity contribution in [1.29, 1.82) is 0 Å². The van der Waals surface area contributed by atoms with E-state index < -0.39 is 12.4 Å². The van der Waals surface area contributed by atoms with E-state index in [1.54, 1.807) is 10.6 Å². The molecule has 1 fully saturated rings. The minimum Gasteiger partial charge on any atom is -0.405 e. The normalized spacial score (nSPS) is 17.2. The Balaban J connectivity index is 1.61. The first-order chi connectivity index (χ1) is 13.4. The SMILES string of the molecule is Fc1nc(NCc2ccccc2OC(F)(F)F)c2ncn(C3CCCO3)c2n1. The Hall–Kier alpha value is -2.95. The van der Waals surface area contributed by atoms with E-state index in [4.69, 9.17) is 4.74 Å². The van der Waals surface area contributed by atoms with Crippen molar-refractivity contribution < 1.29 is 27.0 Å². The second kappa shape index (κ2) is 7.23. The summed E-state index contributed by atoms with van der Waals surface area (Å²) in [6.45, 7) is 0.517. The quantitative estimate of drug-likeness (QED) is 0.522. The standard InChI is InChI=1S/C17H15F4N5O2/c18-16-24-14(13-15(25-16)26(9-23-13)12-6-3-7-27-12)22-8-10-4-1-2-5-11(10)28-17(19,20)21/h1-2,4-5,9,12H,3,6-8H2,(H,22,24,25). The fraction of sp³-hybridized carbons (Fsp3) is 0.353. The number of nitrogens with zero attached hydrogens (tertiary/aromatic N) is 4. The Morgan fingerprint density at radius 2 is 2.07 bits per heavy atom. The van der Waals surface area contributed by atoms with Crippen LogP contribution in [0.3, 0.4) is 0 Å². The molecule has 1 unspecified atom stereocenters. The molecule has 1 N–H and O–H groups in total. The third-order valence-electron chi connectivity index (χ3n) is 4.25. The molecule has 11 heteroatoms. The predicted octanol–water partition coefficient (Wildman–Crippen LogP) is 3.79. The molecule has 7 nitrogen and oxygen atoms in total. The van der Waals surface area contributed by atoms with Gasteiger partial charge in [0.25, 0.3) is 0 Å². The zero-order chi connectivity index (χ0) is 19.7. The minimum absolute atomic E-state index is 0.0704. The van der Waals surface area contributed by atoms with E-state index in [0.29, 0.717) is 12.1 Å². The van der Waals surface area contributed by atoms with Gasteiger partial charge in [0, 0.05) is 18.7 Å². The highest BCUT2D eigenvalue weighted by molar-refractivity contribution is 5.82. The van der Waals surface area contributed by atoms with E-state index in [-0.39, 0.29) is 35.6 Å². The molecule has 0 radical (unpaired) electrons. The molecule has 1 aromatic carbocycles. The predicted molar refractivity (Wildman–Crippen MR) is 90.0 cm³/mol. The van der Waals surface area contributed by atoms with Gasteiger partial charge in [-0.15, -0.1) is 13.2 Å². The lowest BCUT2D eigenvalue weighted by molar-refractivity contribution is -0.274. The van der Waals surface area contributed by atoms with Crippen LogP contribution in [0.4, 0.5) is 23.4 Å². The summed E-state index contributed by atoms with van der Waals surface area (Å²) < 4.78 is 62.8. The van der Waals surface area contributed by atoms with Gasteiger partial charge in [-0.25, -0.2) is 4.98 Å². The summed E-state index contributed by atoms with van der Waals surface area (Å²) in [6.07, 6.45) is -2.96. The molecule has 3 heterocycles. The van der Waals surface area contributed by atoms with Gasteiger partial charge in [-0.3, -0.25) is 4.57 Å². The summed E-state index contributed by atoms with van der Waals surface area (Å²) in [4.78, 5) is 11.7. The Bertz CT molecular complexity index is 985. The molecule has 0 spiro atoms. The molecule has 0 amide bonds. The van der Waals surface area contributed by atoms with E-state index in [9.17, 15) is 17.6 Å². The highest BCUT2D eigenvalue weighted by Crippen LogP contribution is 2.30. The topological polar surface area (TPSA) is 74.1 Å². The molecule has 3 aromatic rings. The molecule has 0 bridgehead atoms. The minimum atomic E-state index is -4.82. The smallest absolute Gasteiger partial charge is 0.405 e. The third kappa shape index (κ3) is 3.84. The van der Waals surface area contributed by atoms with Crippen LogP contribution >= 0.6 is 0 Å². The van der Waals surface area contributed by atoms with E-state index in [2.05, 4.69) is 25.0 Å². The molecule has 0 saturated carbocycles. The molecule has 28 heavy (non-hydrogen) atoms. The maximum absolute atomic E-state index is 14.0. The van der Waals surface area contributed by atoms with Crippen molar-refractivity contribution in [1.82, 2.24) is 19.5 Å². The first kappa shape index (κ1) is 18.4. The molecule has 148 valence electrons. The summed E-state index contributed by atoms with van der Waals surface area (Å²) in [5.74, 6) is -0.279. The molecule has 4 rings (SSSR count). The van der Waals surface area contributed by atoms with Crippen LogP contribution in [0.5, 0.6) is 5.75 Å². The first-order valence-electron chi connectivity index (χ1n) is 8.50. The van der Waals surface area contributed by atoms with Crippen molar-refractivity contribution in [2.24, 2.45) is 0 Å². The van der Waals surface area contributed by atoms with Crippen molar-refractivity contribution in [2.75, 3.05) is 11.9 Å². The van der Waals surface area contributed by atoms with Gasteiger partial charge in [-0.2, -0.15) is 14.4 Å². The lowest BCUT2D eigenvalue weighted by Crippen LogP contribution is -2.18. The monoisotopic (exact) mass is 397 g/mol. The highest BCUT2D eigenvalue weighted by atomic mass is 19.4. The van der Waals surface area contributed by atoms with Crippen molar-refractivity contribution in [3.63, 3.8) is 0 Å². The number of nitrogens with one attached hydrogen (secondary N) is 1. The molecular weight excluding hydrogens is 382 g/mol. The Labute approximate surface area is 156 Å². The number of ether oxygens (including phenoxy) is 2. The van der Waals surface area contributed by atoms with Gasteiger partial charge in [-0.1, -0.05) is 18.2 Å². The highest BCUT2D eigenvalue weighted by Gasteiger charge is 2.32. The number of alkyl halides is 3. The number of hydrogen-bond donors (Lipinski definition) is 1. The van der Waals surface area contributed by atoms with Crippen LogP contribution < -0.4 is 10.1 Å². The van der Waals surface area contributed by atoms with Crippen LogP contribution in [-0.4, -0.2) is 32.5 Å². The van der Waals surface area contributed by atoms with Gasteiger partial charge in [0.2, 0.25) is 0 Å². The van der Waals surface area contributed by atoms with E-state index in [1.807, 2.05) is 0 Å². The summed E-state index contributed by atoms with van der Waals surface area (Å²) in [7, 11) is 0. The van der Waals surface area contributed by atoms with E-state index in [0.717, 1.165) is 12.8 Å². The largest absolute Gasteiger partial charge is 0.573 e. The molecule has 1 aliphatic rings. The van der Waals surface area contributed by atoms with Gasteiger partial charge in [0.1, 0.15) is 12.0 Å². The summed E-state index contributed by atoms with van der Waals surface area (Å²) >= 11 is 0. The van der Waals surface area contributed by atoms with Crippen LogP contribution in [0.2, 0.25) is 0 Å². The number of halogens is 4. The summed E-state index contributed by atoms with van der Waals surface area (Å²) in [5.41, 5.74) is 0.776. The van der Waals surface area contributed by atoms with Gasteiger partial charge < -0.3 is 14.8 Å². The number of rotatable bonds is 5. The molecule has 1 aliphatic heterocycles. The Morgan fingerprint density at radius 3 is 2.82 bits per heavy atom. The van der Waals surface area contributed by atoms with Gasteiger partial charge >= 0.3 is 12.4 Å². The molecule has 1 saturated heterocycles. The van der Waals surface area contributed by atoms with Gasteiger partial charge in [0.05, 0.1) is 6.33 Å². The fourth-order valence-electron chi connectivity index (χ4n) is 3.06. The number of hydrogen-bond acceptors (Lipinski definition) is 6. The Morgan fingerprint density at radius 1 is 1.25 bits per heavy atom. The van der Waals surface area contributed by atoms with Crippen molar-refractivity contribution >= 4 is 17.0 Å². The number of aromatic nitrogens is 4. The number of benzene rings is 1. The summed E-state index contributed by atoms with van der Waals surface area (Å²) in [6, 6.07) is 5.67. The number of imidazole rings is 1. The van der Waals surface area contributed by atoms with Crippen molar-refractivity contribution in [2.45, 2.75) is 32.0 Å². The van der Waals surface area contributed by atoms with Crippen molar-refractivity contribution in [3.05, 3.63) is 42.2 Å². The molecule has 2 aromatic heterocycles. The van der Waals surface area contributed by atoms with Crippen LogP contribution in [0.1, 0.15) is 24.6 Å². The number of para-hydroxylation sites is 1.